The summed E-state index contributed by atoms with van der Waals surface area (Å²) in [6, 6.07) is 0. The standard InChI is InChI=1S/C20H36N4O2/c1-19(2,3)17-16(21-14-22-17)13-24-10-8-9-15(12-24)11-23(7)18(25)26-20(4,5)6/h14-15H,8-13H2,1-7H3,(H,21,22). The summed E-state index contributed by atoms with van der Waals surface area (Å²) in [6.07, 6.45) is 3.87. The summed E-state index contributed by atoms with van der Waals surface area (Å²) in [6.45, 7) is 16.0. The van der Waals surface area contributed by atoms with Crippen LogP contribution < -0.4 is 0 Å². The van der Waals surface area contributed by atoms with E-state index in [1.54, 1.807) is 11.2 Å². The van der Waals surface area contributed by atoms with Crippen molar-refractivity contribution in [3.8, 4) is 0 Å². The number of piperidine rings is 1. The summed E-state index contributed by atoms with van der Waals surface area (Å²) < 4.78 is 5.47. The molecular weight excluding hydrogens is 328 g/mol. The zero-order valence-corrected chi connectivity index (χ0v) is 17.6. The number of hydrogen-bond acceptors (Lipinski definition) is 4. The second-order valence-corrected chi connectivity index (χ2v) is 9.58. The zero-order valence-electron chi connectivity index (χ0n) is 17.6. The largest absolute Gasteiger partial charge is 0.444 e. The Bertz CT molecular complexity index is 598. The van der Waals surface area contributed by atoms with Crippen molar-refractivity contribution >= 4 is 6.09 Å². The van der Waals surface area contributed by atoms with Gasteiger partial charge in [0.05, 0.1) is 17.7 Å². The van der Waals surface area contributed by atoms with Crippen molar-refractivity contribution < 1.29 is 9.53 Å². The Kier molecular flexibility index (Phi) is 6.37. The molecule has 148 valence electrons. The molecule has 0 spiro atoms. The molecule has 0 aliphatic carbocycles. The van der Waals surface area contributed by atoms with Crippen LogP contribution in [0, 0.1) is 5.92 Å². The summed E-state index contributed by atoms with van der Waals surface area (Å²) in [5.41, 5.74) is 1.94. The van der Waals surface area contributed by atoms with Gasteiger partial charge in [-0.25, -0.2) is 9.78 Å². The lowest BCUT2D eigenvalue weighted by molar-refractivity contribution is 0.0241. The molecule has 2 rings (SSSR count). The molecule has 1 unspecified atom stereocenters. The maximum Gasteiger partial charge on any atom is 0.410 e. The maximum absolute atomic E-state index is 12.2. The molecule has 1 saturated heterocycles. The molecule has 1 aromatic rings. The Hall–Kier alpha value is -1.56. The van der Waals surface area contributed by atoms with E-state index in [1.165, 1.54) is 5.69 Å². The molecule has 1 amide bonds. The van der Waals surface area contributed by atoms with Gasteiger partial charge in [-0.3, -0.25) is 4.90 Å². The van der Waals surface area contributed by atoms with Crippen molar-refractivity contribution in [2.45, 2.75) is 71.9 Å². The van der Waals surface area contributed by atoms with Crippen LogP contribution in [-0.2, 0) is 16.7 Å². The van der Waals surface area contributed by atoms with E-state index in [0.717, 1.165) is 44.7 Å². The number of aromatic nitrogens is 2. The van der Waals surface area contributed by atoms with Gasteiger partial charge in [0.2, 0.25) is 0 Å². The van der Waals surface area contributed by atoms with Gasteiger partial charge in [0.25, 0.3) is 0 Å². The number of carbonyl (C=O) groups excluding carboxylic acids is 1. The van der Waals surface area contributed by atoms with E-state index in [2.05, 4.69) is 35.6 Å². The summed E-state index contributed by atoms with van der Waals surface area (Å²) in [5.74, 6) is 0.474. The van der Waals surface area contributed by atoms with Gasteiger partial charge >= 0.3 is 6.09 Å². The quantitative estimate of drug-likeness (QED) is 0.883. The fraction of sp³-hybridized carbons (Fsp3) is 0.800. The molecule has 1 aliphatic heterocycles. The number of hydrogen-bond donors (Lipinski definition) is 1. The number of carbonyl (C=O) groups is 1. The highest BCUT2D eigenvalue weighted by molar-refractivity contribution is 5.67. The van der Waals surface area contributed by atoms with Crippen molar-refractivity contribution in [3.63, 3.8) is 0 Å². The van der Waals surface area contributed by atoms with Gasteiger partial charge in [0.1, 0.15) is 5.60 Å². The number of imidazole rings is 1. The van der Waals surface area contributed by atoms with Crippen LogP contribution in [0.4, 0.5) is 4.79 Å². The third-order valence-corrected chi connectivity index (χ3v) is 4.65. The molecule has 1 aromatic heterocycles. The lowest BCUT2D eigenvalue weighted by Gasteiger charge is -2.35. The minimum absolute atomic E-state index is 0.0431. The highest BCUT2D eigenvalue weighted by Crippen LogP contribution is 2.26. The van der Waals surface area contributed by atoms with E-state index in [0.29, 0.717) is 5.92 Å². The molecule has 1 aliphatic rings. The Labute approximate surface area is 158 Å². The molecule has 1 atom stereocenters. The molecule has 26 heavy (non-hydrogen) atoms. The lowest BCUT2D eigenvalue weighted by atomic mass is 9.90. The molecule has 6 heteroatoms. The number of rotatable bonds is 4. The van der Waals surface area contributed by atoms with Gasteiger partial charge in [0, 0.05) is 32.1 Å². The molecule has 0 bridgehead atoms. The van der Waals surface area contributed by atoms with Crippen LogP contribution in [0.3, 0.4) is 0 Å². The molecule has 1 N–H and O–H groups in total. The van der Waals surface area contributed by atoms with E-state index in [4.69, 9.17) is 4.74 Å². The minimum atomic E-state index is -0.450. The number of aromatic amines is 1. The van der Waals surface area contributed by atoms with Crippen molar-refractivity contribution in [2.24, 2.45) is 5.92 Å². The average Bonchev–Trinajstić information content (AvgIpc) is 2.94. The monoisotopic (exact) mass is 364 g/mol. The molecule has 2 heterocycles. The zero-order chi connectivity index (χ0) is 19.5. The lowest BCUT2D eigenvalue weighted by Crippen LogP contribution is -2.42. The third-order valence-electron chi connectivity index (χ3n) is 4.65. The number of nitrogens with zero attached hydrogens (tertiary/aromatic N) is 3. The highest BCUT2D eigenvalue weighted by atomic mass is 16.6. The van der Waals surface area contributed by atoms with Crippen LogP contribution in [0.25, 0.3) is 0 Å². The number of ether oxygens (including phenoxy) is 1. The fourth-order valence-electron chi connectivity index (χ4n) is 3.56. The van der Waals surface area contributed by atoms with Crippen molar-refractivity contribution in [2.75, 3.05) is 26.7 Å². The Morgan fingerprint density at radius 3 is 2.65 bits per heavy atom. The second kappa shape index (κ2) is 7.99. The van der Waals surface area contributed by atoms with Crippen LogP contribution >= 0.6 is 0 Å². The van der Waals surface area contributed by atoms with Gasteiger partial charge in [0.15, 0.2) is 0 Å². The van der Waals surface area contributed by atoms with Crippen molar-refractivity contribution in [3.05, 3.63) is 17.7 Å². The topological polar surface area (TPSA) is 61.5 Å². The number of nitrogens with one attached hydrogen (secondary N) is 1. The predicted molar refractivity (Wildman–Crippen MR) is 104 cm³/mol. The van der Waals surface area contributed by atoms with Crippen LogP contribution in [0.1, 0.15) is 65.8 Å². The first-order valence-corrected chi connectivity index (χ1v) is 9.65. The van der Waals surface area contributed by atoms with Crippen LogP contribution in [-0.4, -0.2) is 58.1 Å². The summed E-state index contributed by atoms with van der Waals surface area (Å²) in [4.78, 5) is 24.2. The van der Waals surface area contributed by atoms with Gasteiger partial charge in [-0.05, 0) is 46.1 Å². The molecule has 0 saturated carbocycles. The number of amides is 1. The first kappa shape index (κ1) is 20.7. The number of likely N-dealkylation sites (tertiary alicyclic amines) is 1. The van der Waals surface area contributed by atoms with Crippen LogP contribution in [0.2, 0.25) is 0 Å². The van der Waals surface area contributed by atoms with Crippen molar-refractivity contribution in [1.82, 2.24) is 19.8 Å². The highest BCUT2D eigenvalue weighted by Gasteiger charge is 2.27. The van der Waals surface area contributed by atoms with Gasteiger partial charge in [-0.1, -0.05) is 20.8 Å². The minimum Gasteiger partial charge on any atom is -0.444 e. The first-order valence-electron chi connectivity index (χ1n) is 9.65. The molecule has 1 fully saturated rings. The van der Waals surface area contributed by atoms with Crippen molar-refractivity contribution in [1.29, 1.82) is 0 Å². The van der Waals surface area contributed by atoms with Gasteiger partial charge in [-0.2, -0.15) is 0 Å². The molecule has 0 aromatic carbocycles. The third kappa shape index (κ3) is 6.01. The average molecular weight is 365 g/mol. The predicted octanol–water partition coefficient (Wildman–Crippen LogP) is 3.79. The fourth-order valence-corrected chi connectivity index (χ4v) is 3.56. The SMILES string of the molecule is CN(CC1CCCN(Cc2[nH]cnc2C(C)(C)C)C1)C(=O)OC(C)(C)C. The smallest absolute Gasteiger partial charge is 0.410 e. The summed E-state index contributed by atoms with van der Waals surface area (Å²) in [5, 5.41) is 0. The van der Waals surface area contributed by atoms with E-state index < -0.39 is 5.60 Å². The molecule has 6 nitrogen and oxygen atoms in total. The Balaban J connectivity index is 1.91. The van der Waals surface area contributed by atoms with Gasteiger partial charge < -0.3 is 14.6 Å². The van der Waals surface area contributed by atoms with E-state index in [9.17, 15) is 4.79 Å². The van der Waals surface area contributed by atoms with E-state index >= 15 is 0 Å². The molecular formula is C20H36N4O2. The summed E-state index contributed by atoms with van der Waals surface area (Å²) >= 11 is 0. The Morgan fingerprint density at radius 2 is 2.04 bits per heavy atom. The van der Waals surface area contributed by atoms with Gasteiger partial charge in [-0.15, -0.1) is 0 Å². The summed E-state index contributed by atoms with van der Waals surface area (Å²) in [7, 11) is 1.83. The normalized spacial score (nSPS) is 19.4. The van der Waals surface area contributed by atoms with E-state index in [1.807, 2.05) is 27.8 Å². The number of H-pyrrole nitrogens is 1. The van der Waals surface area contributed by atoms with Crippen LogP contribution in [0.15, 0.2) is 6.33 Å². The van der Waals surface area contributed by atoms with E-state index in [-0.39, 0.29) is 11.5 Å². The Morgan fingerprint density at radius 1 is 1.35 bits per heavy atom. The maximum atomic E-state index is 12.2. The molecule has 0 radical (unpaired) electrons. The first-order chi connectivity index (χ1) is 12.0. The van der Waals surface area contributed by atoms with Crippen LogP contribution in [0.5, 0.6) is 0 Å². The second-order valence-electron chi connectivity index (χ2n) is 9.58.